The number of aliphatic hydroxyl groups excluding tert-OH is 2. The van der Waals surface area contributed by atoms with Crippen LogP contribution in [0, 0.1) is 0 Å². The van der Waals surface area contributed by atoms with Crippen molar-refractivity contribution in [3.05, 3.63) is 65.7 Å². The van der Waals surface area contributed by atoms with E-state index in [1.54, 1.807) is 63.2 Å². The van der Waals surface area contributed by atoms with Gasteiger partial charge in [0, 0.05) is 0 Å². The summed E-state index contributed by atoms with van der Waals surface area (Å²) in [5.41, 5.74) is 4.85. The van der Waals surface area contributed by atoms with Gasteiger partial charge in [-0.3, -0.25) is 0 Å². The fourth-order valence-electron chi connectivity index (χ4n) is 4.35. The molecule has 0 saturated carbocycles. The molecule has 0 heterocycles. The normalized spacial score (nSPS) is 15.3. The maximum atomic E-state index is 13.0. The second kappa shape index (κ2) is 16.3. The van der Waals surface area contributed by atoms with Crippen molar-refractivity contribution in [3.63, 3.8) is 0 Å². The van der Waals surface area contributed by atoms with E-state index in [0.717, 1.165) is 5.56 Å². The second-order valence-corrected chi connectivity index (χ2v) is 18.7. The molecule has 0 spiro atoms. The van der Waals surface area contributed by atoms with Gasteiger partial charge in [0.15, 0.2) is 0 Å². The van der Waals surface area contributed by atoms with Crippen LogP contribution in [-0.2, 0) is 36.6 Å². The van der Waals surface area contributed by atoms with Crippen LogP contribution in [-0.4, -0.2) is 82.2 Å². The first-order valence-electron chi connectivity index (χ1n) is 15.0. The monoisotopic (exact) mass is 647 g/mol. The molecule has 250 valence electrons. The summed E-state index contributed by atoms with van der Waals surface area (Å²) < 4.78 is 15.7. The van der Waals surface area contributed by atoms with E-state index < -0.39 is 55.3 Å². The third-order valence-electron chi connectivity index (χ3n) is 7.20. The Kier molecular flexibility index (Phi) is 13.7. The number of nitrogens with zero attached hydrogens (tertiary/aromatic N) is 1. The Hall–Kier alpha value is -3.33. The summed E-state index contributed by atoms with van der Waals surface area (Å²) in [6.45, 7) is 10.4. The number of aryl methyl sites for hydroxylation is 1. The van der Waals surface area contributed by atoms with Crippen LogP contribution in [0.2, 0.25) is 19.6 Å². The van der Waals surface area contributed by atoms with E-state index in [1.807, 2.05) is 31.8 Å². The van der Waals surface area contributed by atoms with Crippen LogP contribution in [0.5, 0.6) is 5.75 Å². The Labute approximate surface area is 266 Å². The molecule has 0 fully saturated rings. The van der Waals surface area contributed by atoms with Crippen LogP contribution in [0.15, 0.2) is 54.6 Å². The molecule has 1 amide bonds. The average molecular weight is 648 g/mol. The summed E-state index contributed by atoms with van der Waals surface area (Å²) in [5, 5.41) is 32.7. The summed E-state index contributed by atoms with van der Waals surface area (Å²) in [4.78, 5) is 37.5. The molecule has 0 aromatic heterocycles. The predicted molar refractivity (Wildman–Crippen MR) is 171 cm³/mol. The Balaban J connectivity index is 2.33. The molecule has 4 atom stereocenters. The van der Waals surface area contributed by atoms with Gasteiger partial charge in [-0.05, 0) is 76.1 Å². The van der Waals surface area contributed by atoms with Crippen LogP contribution in [0.25, 0.3) is 0 Å². The van der Waals surface area contributed by atoms with Crippen molar-refractivity contribution in [3.8, 4) is 5.75 Å². The molecule has 0 bridgehead atoms. The van der Waals surface area contributed by atoms with E-state index in [0.29, 0.717) is 29.8 Å². The fourth-order valence-corrected chi connectivity index (χ4v) is 4.94. The highest BCUT2D eigenvalue weighted by Crippen LogP contribution is 2.27. The number of ether oxygens (including phenoxy) is 3. The van der Waals surface area contributed by atoms with Crippen LogP contribution >= 0.6 is 0 Å². The lowest BCUT2D eigenvalue weighted by atomic mass is 9.90. The number of hydrogen-bond acceptors (Lipinski definition) is 11. The van der Waals surface area contributed by atoms with Crippen molar-refractivity contribution in [1.29, 1.82) is 0 Å². The predicted octanol–water partition coefficient (Wildman–Crippen LogP) is 3.17. The Bertz CT molecular complexity index is 1250. The lowest BCUT2D eigenvalue weighted by molar-refractivity contribution is -0.173. The molecule has 13 heteroatoms. The number of benzene rings is 2. The zero-order valence-corrected chi connectivity index (χ0v) is 28.1. The van der Waals surface area contributed by atoms with Gasteiger partial charge in [0.05, 0.1) is 26.4 Å². The molecular formula is C32H49N3O9Si. The van der Waals surface area contributed by atoms with Crippen LogP contribution in [0.1, 0.15) is 51.2 Å². The Morgan fingerprint density at radius 3 is 2.07 bits per heavy atom. The number of rotatable bonds is 14. The van der Waals surface area contributed by atoms with Crippen LogP contribution in [0.4, 0.5) is 4.79 Å². The smallest absolute Gasteiger partial charge is 0.432 e. The summed E-state index contributed by atoms with van der Waals surface area (Å²) >= 11 is 0. The number of aliphatic hydroxyl groups is 2. The number of unbranched alkanes of at least 4 members (excludes halogenated alkanes) is 1. The summed E-state index contributed by atoms with van der Waals surface area (Å²) in [7, 11) is -2.07. The minimum Gasteiger partial charge on any atom is -0.508 e. The van der Waals surface area contributed by atoms with E-state index in [1.165, 1.54) is 0 Å². The summed E-state index contributed by atoms with van der Waals surface area (Å²) in [6, 6.07) is 14.4. The average Bonchev–Trinajstić information content (AvgIpc) is 2.96. The number of amides is 1. The van der Waals surface area contributed by atoms with Gasteiger partial charge >= 0.3 is 18.0 Å². The zero-order chi connectivity index (χ0) is 34.0. The van der Waals surface area contributed by atoms with Gasteiger partial charge in [-0.2, -0.15) is 0 Å². The van der Waals surface area contributed by atoms with Gasteiger partial charge in [0.25, 0.3) is 0 Å². The molecule has 45 heavy (non-hydrogen) atoms. The van der Waals surface area contributed by atoms with Crippen molar-refractivity contribution in [2.45, 2.75) is 102 Å². The number of carbonyl (C=O) groups excluding carboxylic acids is 3. The van der Waals surface area contributed by atoms with E-state index in [2.05, 4.69) is 0 Å². The van der Waals surface area contributed by atoms with Gasteiger partial charge in [-0.25, -0.2) is 25.2 Å². The van der Waals surface area contributed by atoms with E-state index in [9.17, 15) is 29.7 Å². The van der Waals surface area contributed by atoms with Crippen molar-refractivity contribution in [2.75, 3.05) is 6.61 Å². The van der Waals surface area contributed by atoms with E-state index in [4.69, 9.17) is 25.8 Å². The minimum atomic E-state index is -2.07. The third-order valence-corrected chi connectivity index (χ3v) is 9.36. The van der Waals surface area contributed by atoms with Crippen molar-refractivity contribution in [2.24, 2.45) is 11.6 Å². The Morgan fingerprint density at radius 1 is 0.911 bits per heavy atom. The molecular weight excluding hydrogens is 598 g/mol. The van der Waals surface area contributed by atoms with Gasteiger partial charge in [0.2, 0.25) is 0 Å². The third kappa shape index (κ3) is 12.5. The Morgan fingerprint density at radius 2 is 1.51 bits per heavy atom. The van der Waals surface area contributed by atoms with Crippen LogP contribution in [0.3, 0.4) is 0 Å². The van der Waals surface area contributed by atoms with E-state index in [-0.39, 0.29) is 25.2 Å². The second-order valence-electron chi connectivity index (χ2n) is 13.3. The molecule has 4 unspecified atom stereocenters. The van der Waals surface area contributed by atoms with Gasteiger partial charge in [-0.1, -0.05) is 62.1 Å². The molecule has 0 aliphatic rings. The number of phenols is 1. The number of hydrogen-bond donors (Lipinski definition) is 5. The fraction of sp³-hybridized carbons (Fsp3) is 0.531. The van der Waals surface area contributed by atoms with Gasteiger partial charge in [-0.15, -0.1) is 0 Å². The SMILES string of the molecule is CC(C)(C)OC(=O)C(=O)OC(=O)N(N)C(Cc1ccccc1)C(O)C(N)(CCCCc1ccc(O)cc1)OCC(O)[Si](C)(C)C. The highest BCUT2D eigenvalue weighted by molar-refractivity contribution is 6.77. The summed E-state index contributed by atoms with van der Waals surface area (Å²) in [6.07, 6.45) is -1.12. The molecule has 0 saturated heterocycles. The molecule has 0 radical (unpaired) electrons. The number of hydrazine groups is 1. The first kappa shape index (κ1) is 37.9. The molecule has 0 aliphatic heterocycles. The van der Waals surface area contributed by atoms with Crippen molar-refractivity contribution < 1.29 is 43.9 Å². The maximum absolute atomic E-state index is 13.0. The summed E-state index contributed by atoms with van der Waals surface area (Å²) in [5.74, 6) is 3.39. The molecule has 2 aromatic rings. The van der Waals surface area contributed by atoms with Gasteiger partial charge < -0.3 is 35.3 Å². The number of nitrogens with two attached hydrogens (primary N) is 2. The molecule has 0 aliphatic carbocycles. The standard InChI is InChI=1S/C32H49N3O9Si/c1-31(2,3)44-29(40)28(39)43-30(41)35(34)25(20-23-13-8-7-9-14-23)27(38)32(33,42-21-26(37)45(4,5)6)19-11-10-12-22-15-17-24(36)18-16-22/h7-9,13-18,25-27,36-38H,10-12,19-21,33-34H2,1-6H3. The molecule has 2 aromatic carbocycles. The zero-order valence-electron chi connectivity index (χ0n) is 27.1. The molecule has 12 nitrogen and oxygen atoms in total. The first-order chi connectivity index (χ1) is 20.8. The van der Waals surface area contributed by atoms with Crippen LogP contribution < -0.4 is 11.6 Å². The number of phenolic OH excluding ortho intramolecular Hbond substituents is 1. The number of carbonyl (C=O) groups is 3. The van der Waals surface area contributed by atoms with E-state index >= 15 is 0 Å². The highest BCUT2D eigenvalue weighted by atomic mass is 28.3. The number of esters is 2. The molecule has 7 N–H and O–H groups in total. The maximum Gasteiger partial charge on any atom is 0.432 e. The van der Waals surface area contributed by atoms with Crippen molar-refractivity contribution >= 4 is 26.1 Å². The topological polar surface area (TPSA) is 195 Å². The largest absolute Gasteiger partial charge is 0.508 e. The first-order valence-corrected chi connectivity index (χ1v) is 18.5. The van der Waals surface area contributed by atoms with Gasteiger partial charge in [0.1, 0.15) is 23.2 Å². The lowest BCUT2D eigenvalue weighted by Crippen LogP contribution is -2.65. The highest BCUT2D eigenvalue weighted by Gasteiger charge is 2.45. The quantitative estimate of drug-likeness (QED) is 0.0233. The minimum absolute atomic E-state index is 0.0133. The molecule has 2 rings (SSSR count). The number of aromatic hydroxyl groups is 1. The van der Waals surface area contributed by atoms with Crippen molar-refractivity contribution in [1.82, 2.24) is 5.01 Å². The lowest BCUT2D eigenvalue weighted by Gasteiger charge is -2.42.